The molecular weight excluding hydrogens is 311 g/mol. The fourth-order valence-electron chi connectivity index (χ4n) is 1.87. The van der Waals surface area contributed by atoms with E-state index in [-0.39, 0.29) is 6.42 Å². The van der Waals surface area contributed by atoms with Gasteiger partial charge in [-0.25, -0.2) is 0 Å². The second kappa shape index (κ2) is 6.56. The summed E-state index contributed by atoms with van der Waals surface area (Å²) >= 11 is 12.5. The highest BCUT2D eigenvalue weighted by atomic mass is 35.5. The van der Waals surface area contributed by atoms with Crippen LogP contribution in [0, 0.1) is 5.41 Å². The van der Waals surface area contributed by atoms with E-state index in [1.54, 1.807) is 24.5 Å². The highest BCUT2D eigenvalue weighted by Gasteiger charge is 2.15. The van der Waals surface area contributed by atoms with Crippen LogP contribution >= 0.6 is 23.2 Å². The van der Waals surface area contributed by atoms with Crippen LogP contribution in [0.3, 0.4) is 0 Å². The van der Waals surface area contributed by atoms with Gasteiger partial charge >= 0.3 is 0 Å². The minimum Gasteiger partial charge on any atom is -0.370 e. The summed E-state index contributed by atoms with van der Waals surface area (Å²) in [7, 11) is 0. The molecule has 7 heteroatoms. The van der Waals surface area contributed by atoms with Gasteiger partial charge in [-0.3, -0.25) is 20.5 Å². The number of amides is 1. The number of rotatable bonds is 3. The van der Waals surface area contributed by atoms with Gasteiger partial charge in [-0.1, -0.05) is 29.3 Å². The first-order valence-electron chi connectivity index (χ1n) is 6.00. The van der Waals surface area contributed by atoms with Crippen molar-refractivity contribution in [3.8, 4) is 11.1 Å². The number of hydrogen-bond acceptors (Lipinski definition) is 3. The molecule has 2 rings (SSSR count). The predicted molar refractivity (Wildman–Crippen MR) is 83.5 cm³/mol. The lowest BCUT2D eigenvalue weighted by Gasteiger charge is -2.12. The molecule has 21 heavy (non-hydrogen) atoms. The van der Waals surface area contributed by atoms with Crippen LogP contribution in [-0.2, 0) is 11.2 Å². The van der Waals surface area contributed by atoms with E-state index in [1.807, 2.05) is 12.1 Å². The molecule has 0 aliphatic carbocycles. The zero-order valence-corrected chi connectivity index (χ0v) is 12.4. The molecule has 5 nitrogen and oxygen atoms in total. The Morgan fingerprint density at radius 2 is 1.90 bits per heavy atom. The smallest absolute Gasteiger partial charge is 0.231 e. The number of nitrogens with zero attached hydrogens (tertiary/aromatic N) is 1. The van der Waals surface area contributed by atoms with Crippen molar-refractivity contribution < 1.29 is 4.79 Å². The molecule has 1 aromatic carbocycles. The lowest BCUT2D eigenvalue weighted by atomic mass is 10.0. The molecule has 0 atom stereocenters. The van der Waals surface area contributed by atoms with Gasteiger partial charge in [-0.15, -0.1) is 0 Å². The summed E-state index contributed by atoms with van der Waals surface area (Å²) < 4.78 is 0. The van der Waals surface area contributed by atoms with Crippen LogP contribution in [0.25, 0.3) is 11.1 Å². The Bertz CT molecular complexity index is 689. The Labute approximate surface area is 131 Å². The Morgan fingerprint density at radius 3 is 2.52 bits per heavy atom. The SMILES string of the molecule is N=C(N)NC(=O)Cc1c(Cl)ccc(-c2ccncc2)c1Cl. The second-order valence-corrected chi connectivity index (χ2v) is 5.05. The molecule has 0 bridgehead atoms. The maximum atomic E-state index is 11.7. The zero-order valence-electron chi connectivity index (χ0n) is 10.9. The Balaban J connectivity index is 2.38. The van der Waals surface area contributed by atoms with E-state index < -0.39 is 11.9 Å². The molecule has 0 aliphatic heterocycles. The van der Waals surface area contributed by atoms with Crippen molar-refractivity contribution in [2.24, 2.45) is 5.73 Å². The number of hydrogen-bond donors (Lipinski definition) is 3. The number of pyridine rings is 1. The molecule has 108 valence electrons. The predicted octanol–water partition coefficient (Wildman–Crippen LogP) is 2.61. The van der Waals surface area contributed by atoms with Crippen molar-refractivity contribution in [1.82, 2.24) is 10.3 Å². The molecular formula is C14H12Cl2N4O. The molecule has 0 spiro atoms. The van der Waals surface area contributed by atoms with E-state index in [4.69, 9.17) is 34.3 Å². The van der Waals surface area contributed by atoms with Gasteiger partial charge in [0.2, 0.25) is 5.91 Å². The van der Waals surface area contributed by atoms with Crippen LogP contribution in [0.2, 0.25) is 10.0 Å². The van der Waals surface area contributed by atoms with Gasteiger partial charge in [-0.05, 0) is 29.3 Å². The summed E-state index contributed by atoms with van der Waals surface area (Å²) in [6.45, 7) is 0. The zero-order chi connectivity index (χ0) is 15.4. The van der Waals surface area contributed by atoms with E-state index in [9.17, 15) is 4.79 Å². The molecule has 0 radical (unpaired) electrons. The van der Waals surface area contributed by atoms with Crippen molar-refractivity contribution in [2.45, 2.75) is 6.42 Å². The Kier molecular flexibility index (Phi) is 4.77. The minimum atomic E-state index is -0.446. The number of guanidine groups is 1. The lowest BCUT2D eigenvalue weighted by Crippen LogP contribution is -2.36. The number of nitrogens with one attached hydrogen (secondary N) is 2. The first-order chi connectivity index (χ1) is 9.99. The molecule has 0 unspecified atom stereocenters. The third-order valence-electron chi connectivity index (χ3n) is 2.79. The average Bonchev–Trinajstić information content (AvgIpc) is 2.43. The largest absolute Gasteiger partial charge is 0.370 e. The van der Waals surface area contributed by atoms with E-state index in [1.165, 1.54) is 0 Å². The monoisotopic (exact) mass is 322 g/mol. The summed E-state index contributed by atoms with van der Waals surface area (Å²) in [5.74, 6) is -0.865. The van der Waals surface area contributed by atoms with E-state index >= 15 is 0 Å². The average molecular weight is 323 g/mol. The molecule has 0 aliphatic rings. The van der Waals surface area contributed by atoms with Crippen molar-refractivity contribution in [3.63, 3.8) is 0 Å². The third kappa shape index (κ3) is 3.71. The van der Waals surface area contributed by atoms with Gasteiger partial charge in [0.1, 0.15) is 0 Å². The maximum Gasteiger partial charge on any atom is 0.231 e. The molecule has 4 N–H and O–H groups in total. The lowest BCUT2D eigenvalue weighted by molar-refractivity contribution is -0.119. The van der Waals surface area contributed by atoms with Crippen LogP contribution in [0.15, 0.2) is 36.7 Å². The van der Waals surface area contributed by atoms with Gasteiger partial charge in [0.05, 0.1) is 11.4 Å². The molecule has 0 saturated carbocycles. The van der Waals surface area contributed by atoms with Crippen molar-refractivity contribution in [3.05, 3.63) is 52.3 Å². The normalized spacial score (nSPS) is 10.2. The van der Waals surface area contributed by atoms with Crippen molar-refractivity contribution in [1.29, 1.82) is 5.41 Å². The molecule has 0 saturated heterocycles. The highest BCUT2D eigenvalue weighted by Crippen LogP contribution is 2.34. The second-order valence-electron chi connectivity index (χ2n) is 4.26. The van der Waals surface area contributed by atoms with Crippen LogP contribution < -0.4 is 11.1 Å². The minimum absolute atomic E-state index is 0.0594. The summed E-state index contributed by atoms with van der Waals surface area (Å²) in [5.41, 5.74) is 7.25. The van der Waals surface area contributed by atoms with E-state index in [2.05, 4.69) is 10.3 Å². The number of halogens is 2. The summed E-state index contributed by atoms with van der Waals surface area (Å²) in [6, 6.07) is 7.09. The van der Waals surface area contributed by atoms with Crippen LogP contribution in [0.1, 0.15) is 5.56 Å². The van der Waals surface area contributed by atoms with Gasteiger partial charge in [0.25, 0.3) is 0 Å². The van der Waals surface area contributed by atoms with E-state index in [0.29, 0.717) is 15.6 Å². The summed E-state index contributed by atoms with van der Waals surface area (Å²) in [6.07, 6.45) is 3.25. The van der Waals surface area contributed by atoms with Gasteiger partial charge in [0, 0.05) is 23.0 Å². The molecule has 1 heterocycles. The van der Waals surface area contributed by atoms with Crippen LogP contribution in [-0.4, -0.2) is 16.9 Å². The quantitative estimate of drug-likeness (QED) is 0.599. The number of benzene rings is 1. The molecule has 2 aromatic rings. The first kappa shape index (κ1) is 15.3. The van der Waals surface area contributed by atoms with Gasteiger partial charge in [0.15, 0.2) is 5.96 Å². The highest BCUT2D eigenvalue weighted by molar-refractivity contribution is 6.38. The maximum absolute atomic E-state index is 11.7. The fraction of sp³-hybridized carbons (Fsp3) is 0.0714. The van der Waals surface area contributed by atoms with Crippen LogP contribution in [0.5, 0.6) is 0 Å². The third-order valence-corrected chi connectivity index (χ3v) is 3.57. The fourth-order valence-corrected chi connectivity index (χ4v) is 2.48. The Morgan fingerprint density at radius 1 is 1.24 bits per heavy atom. The number of aromatic nitrogens is 1. The van der Waals surface area contributed by atoms with Gasteiger partial charge in [-0.2, -0.15) is 0 Å². The van der Waals surface area contributed by atoms with Crippen molar-refractivity contribution in [2.75, 3.05) is 0 Å². The number of carbonyl (C=O) groups excluding carboxylic acids is 1. The summed E-state index contributed by atoms with van der Waals surface area (Å²) in [5, 5.41) is 10.0. The standard InChI is InChI=1S/C14H12Cl2N4O/c15-11-2-1-9(8-3-5-19-6-4-8)13(16)10(11)7-12(21)20-14(17)18/h1-6H,7H2,(H4,17,18,20,21). The molecule has 1 aromatic heterocycles. The number of carbonyl (C=O) groups is 1. The molecule has 0 fully saturated rings. The van der Waals surface area contributed by atoms with Crippen molar-refractivity contribution >= 4 is 35.1 Å². The van der Waals surface area contributed by atoms with Crippen LogP contribution in [0.4, 0.5) is 0 Å². The van der Waals surface area contributed by atoms with E-state index in [0.717, 1.165) is 11.1 Å². The van der Waals surface area contributed by atoms with Gasteiger partial charge < -0.3 is 5.73 Å². The molecule has 1 amide bonds. The topological polar surface area (TPSA) is 91.9 Å². The Hall–Kier alpha value is -2.11. The summed E-state index contributed by atoms with van der Waals surface area (Å²) in [4.78, 5) is 15.7. The number of nitrogens with two attached hydrogens (primary N) is 1. The first-order valence-corrected chi connectivity index (χ1v) is 6.75.